The molecule has 25 heavy (non-hydrogen) atoms. The Morgan fingerprint density at radius 1 is 1.08 bits per heavy atom. The molecule has 0 saturated heterocycles. The zero-order valence-corrected chi connectivity index (χ0v) is 14.1. The van der Waals surface area contributed by atoms with Crippen LogP contribution in [0.5, 0.6) is 0 Å². The lowest BCUT2D eigenvalue weighted by molar-refractivity contribution is -0.130. The van der Waals surface area contributed by atoms with Crippen molar-refractivity contribution < 1.29 is 14.0 Å². The van der Waals surface area contributed by atoms with Gasteiger partial charge < -0.3 is 10.6 Å². The third kappa shape index (κ3) is 3.55. The molecule has 0 atom stereocenters. The highest BCUT2D eigenvalue weighted by molar-refractivity contribution is 5.90. The van der Waals surface area contributed by atoms with Crippen LogP contribution in [0.25, 0.3) is 0 Å². The van der Waals surface area contributed by atoms with Crippen molar-refractivity contribution in [1.29, 1.82) is 0 Å². The smallest absolute Gasteiger partial charge is 0.230 e. The third-order valence-corrected chi connectivity index (χ3v) is 4.80. The molecule has 0 bridgehead atoms. The summed E-state index contributed by atoms with van der Waals surface area (Å²) in [6.45, 7) is 1.63. The van der Waals surface area contributed by atoms with E-state index in [0.29, 0.717) is 11.3 Å². The van der Waals surface area contributed by atoms with Gasteiger partial charge in [-0.25, -0.2) is 4.39 Å². The molecule has 2 aromatic carbocycles. The summed E-state index contributed by atoms with van der Waals surface area (Å²) in [6, 6.07) is 13.8. The van der Waals surface area contributed by atoms with Crippen LogP contribution in [-0.2, 0) is 21.5 Å². The van der Waals surface area contributed by atoms with Crippen molar-refractivity contribution >= 4 is 17.5 Å². The quantitative estimate of drug-likeness (QED) is 0.875. The molecule has 2 N–H and O–H groups in total. The molecule has 1 saturated carbocycles. The molecule has 2 aromatic rings. The van der Waals surface area contributed by atoms with Gasteiger partial charge >= 0.3 is 0 Å². The topological polar surface area (TPSA) is 58.2 Å². The van der Waals surface area contributed by atoms with Crippen molar-refractivity contribution in [2.45, 2.75) is 38.1 Å². The summed E-state index contributed by atoms with van der Waals surface area (Å²) in [4.78, 5) is 23.9. The van der Waals surface area contributed by atoms with Gasteiger partial charge in [-0.2, -0.15) is 0 Å². The molecule has 3 rings (SSSR count). The maximum Gasteiger partial charge on any atom is 0.230 e. The number of carbonyl (C=O) groups is 2. The van der Waals surface area contributed by atoms with Crippen LogP contribution in [0.15, 0.2) is 48.5 Å². The number of hydrogen-bond acceptors (Lipinski definition) is 2. The summed E-state index contributed by atoms with van der Waals surface area (Å²) in [7, 11) is 0. The third-order valence-electron chi connectivity index (χ3n) is 4.80. The normalized spacial score (nSPS) is 15.1. The van der Waals surface area contributed by atoms with E-state index in [4.69, 9.17) is 0 Å². The minimum atomic E-state index is -0.556. The highest BCUT2D eigenvalue weighted by atomic mass is 19.1. The summed E-state index contributed by atoms with van der Waals surface area (Å²) in [6.07, 6.45) is 2.53. The Hall–Kier alpha value is -2.69. The zero-order valence-electron chi connectivity index (χ0n) is 14.1. The number of nitrogens with one attached hydrogen (secondary N) is 2. The fraction of sp³-hybridized carbons (Fsp3) is 0.300. The number of rotatable bonds is 5. The molecule has 0 aliphatic heterocycles. The molecule has 1 aliphatic rings. The second-order valence-electron chi connectivity index (χ2n) is 6.47. The molecule has 4 nitrogen and oxygen atoms in total. The van der Waals surface area contributed by atoms with E-state index in [0.717, 1.165) is 24.8 Å². The van der Waals surface area contributed by atoms with Crippen molar-refractivity contribution in [2.75, 3.05) is 5.32 Å². The van der Waals surface area contributed by atoms with Crippen LogP contribution in [0, 0.1) is 5.82 Å². The van der Waals surface area contributed by atoms with Gasteiger partial charge in [0.15, 0.2) is 0 Å². The number of hydrogen-bond donors (Lipinski definition) is 2. The first-order valence-electron chi connectivity index (χ1n) is 8.41. The summed E-state index contributed by atoms with van der Waals surface area (Å²) in [5, 5.41) is 5.60. The van der Waals surface area contributed by atoms with Gasteiger partial charge in [-0.1, -0.05) is 36.8 Å². The van der Waals surface area contributed by atoms with E-state index in [2.05, 4.69) is 10.6 Å². The molecule has 1 aliphatic carbocycles. The Morgan fingerprint density at radius 2 is 1.76 bits per heavy atom. The van der Waals surface area contributed by atoms with Crippen LogP contribution in [0.3, 0.4) is 0 Å². The molecular formula is C20H21FN2O2. The van der Waals surface area contributed by atoms with Gasteiger partial charge in [0.1, 0.15) is 5.82 Å². The van der Waals surface area contributed by atoms with Crippen LogP contribution in [0.2, 0.25) is 0 Å². The first-order valence-corrected chi connectivity index (χ1v) is 8.41. The van der Waals surface area contributed by atoms with Gasteiger partial charge in [-0.05, 0) is 36.6 Å². The average Bonchev–Trinajstić information content (AvgIpc) is 2.54. The van der Waals surface area contributed by atoms with E-state index in [9.17, 15) is 14.0 Å². The number of benzene rings is 2. The first kappa shape index (κ1) is 17.1. The SMILES string of the molecule is CC(=O)Nc1ccc(C2(C(=O)NCc3ccccc3F)CCC2)cc1. The number of carbonyl (C=O) groups excluding carboxylic acids is 2. The summed E-state index contributed by atoms with van der Waals surface area (Å²) >= 11 is 0. The maximum atomic E-state index is 13.7. The van der Waals surface area contributed by atoms with Crippen LogP contribution >= 0.6 is 0 Å². The van der Waals surface area contributed by atoms with E-state index >= 15 is 0 Å². The van der Waals surface area contributed by atoms with Gasteiger partial charge in [0.25, 0.3) is 0 Å². The summed E-state index contributed by atoms with van der Waals surface area (Å²) in [5.74, 6) is -0.520. The number of anilines is 1. The van der Waals surface area contributed by atoms with Gasteiger partial charge in [-0.3, -0.25) is 9.59 Å². The summed E-state index contributed by atoms with van der Waals surface area (Å²) in [5.41, 5.74) is 1.56. The first-order chi connectivity index (χ1) is 12.0. The van der Waals surface area contributed by atoms with E-state index in [1.807, 2.05) is 12.1 Å². The highest BCUT2D eigenvalue weighted by Crippen LogP contribution is 2.44. The molecule has 5 heteroatoms. The van der Waals surface area contributed by atoms with E-state index in [1.54, 1.807) is 30.3 Å². The Kier molecular flexibility index (Phi) is 4.83. The molecule has 130 valence electrons. The lowest BCUT2D eigenvalue weighted by atomic mass is 9.63. The minimum absolute atomic E-state index is 0.0747. The minimum Gasteiger partial charge on any atom is -0.351 e. The molecule has 2 amide bonds. The standard InChI is InChI=1S/C20H21FN2O2/c1-14(24)23-17-9-7-16(8-10-17)20(11-4-12-20)19(25)22-13-15-5-2-3-6-18(15)21/h2-3,5-10H,4,11-13H2,1H3,(H,22,25)(H,23,24). The monoisotopic (exact) mass is 340 g/mol. The Morgan fingerprint density at radius 3 is 2.32 bits per heavy atom. The largest absolute Gasteiger partial charge is 0.351 e. The molecule has 0 heterocycles. The summed E-state index contributed by atoms with van der Waals surface area (Å²) < 4.78 is 13.7. The van der Waals surface area contributed by atoms with Crippen LogP contribution < -0.4 is 10.6 Å². The Labute approximate surface area is 146 Å². The van der Waals surface area contributed by atoms with Crippen LogP contribution in [0.4, 0.5) is 10.1 Å². The highest BCUT2D eigenvalue weighted by Gasteiger charge is 2.45. The van der Waals surface area contributed by atoms with Crippen molar-refractivity contribution in [1.82, 2.24) is 5.32 Å². The van der Waals surface area contributed by atoms with Gasteiger partial charge in [0, 0.05) is 24.7 Å². The van der Waals surface area contributed by atoms with Crippen molar-refractivity contribution in [2.24, 2.45) is 0 Å². The van der Waals surface area contributed by atoms with Crippen molar-refractivity contribution in [3.63, 3.8) is 0 Å². The zero-order chi connectivity index (χ0) is 17.9. The van der Waals surface area contributed by atoms with E-state index < -0.39 is 5.41 Å². The lowest BCUT2D eigenvalue weighted by Gasteiger charge is -2.40. The fourth-order valence-corrected chi connectivity index (χ4v) is 3.24. The fourth-order valence-electron chi connectivity index (χ4n) is 3.24. The molecule has 0 unspecified atom stereocenters. The van der Waals surface area contributed by atoms with E-state index in [1.165, 1.54) is 13.0 Å². The van der Waals surface area contributed by atoms with Gasteiger partial charge in [0.2, 0.25) is 11.8 Å². The number of halogens is 1. The molecule has 0 aromatic heterocycles. The Balaban J connectivity index is 1.72. The molecule has 1 fully saturated rings. The number of amides is 2. The average molecular weight is 340 g/mol. The maximum absolute atomic E-state index is 13.7. The molecule has 0 radical (unpaired) electrons. The van der Waals surface area contributed by atoms with Crippen LogP contribution in [-0.4, -0.2) is 11.8 Å². The predicted octanol–water partition coefficient (Wildman–Crippen LogP) is 3.52. The molecule has 0 spiro atoms. The second kappa shape index (κ2) is 7.05. The molecular weight excluding hydrogens is 319 g/mol. The van der Waals surface area contributed by atoms with Crippen LogP contribution in [0.1, 0.15) is 37.3 Å². The van der Waals surface area contributed by atoms with Crippen molar-refractivity contribution in [3.05, 3.63) is 65.5 Å². The lowest BCUT2D eigenvalue weighted by Crippen LogP contribution is -2.49. The Bertz CT molecular complexity index is 783. The van der Waals surface area contributed by atoms with Gasteiger partial charge in [-0.15, -0.1) is 0 Å². The van der Waals surface area contributed by atoms with Crippen molar-refractivity contribution in [3.8, 4) is 0 Å². The second-order valence-corrected chi connectivity index (χ2v) is 6.47. The van der Waals surface area contributed by atoms with Gasteiger partial charge in [0.05, 0.1) is 5.41 Å². The predicted molar refractivity (Wildman–Crippen MR) is 94.5 cm³/mol. The van der Waals surface area contributed by atoms with E-state index in [-0.39, 0.29) is 24.2 Å².